The maximum Gasteiger partial charge on any atom is 0.416 e. The third-order valence-electron chi connectivity index (χ3n) is 6.48. The standard InChI is InChI=1S/C32H25F4N5O3/c1-19-37-18-24(38-19)17-28(40-30(42)21-5-9-22(10-6-21)32(34,35)36)31(43)41-29-4-2-3-27(39-29)20-7-13-25(14-8-20)44-26-15-11-23(33)12-16-26/h2-16,18,28H,17H2,1H3,(H,37,38)(H,40,42)(H,39,41,43)/t28-/m1/s1. The monoisotopic (exact) mass is 603 g/mol. The SMILES string of the molecule is Cc1ncc(C[C@@H](NC(=O)c2ccc(C(F)(F)F)cc2)C(=O)Nc2cccc(-c3ccc(Oc4ccc(F)cc4)cc3)n2)[nH]1. The first kappa shape index (κ1) is 30.0. The van der Waals surface area contributed by atoms with E-state index in [2.05, 4.69) is 25.6 Å². The van der Waals surface area contributed by atoms with Gasteiger partial charge in [-0.1, -0.05) is 6.07 Å². The van der Waals surface area contributed by atoms with Gasteiger partial charge >= 0.3 is 6.18 Å². The van der Waals surface area contributed by atoms with Gasteiger partial charge in [-0.05, 0) is 91.9 Å². The van der Waals surface area contributed by atoms with E-state index in [1.54, 1.807) is 49.4 Å². The first-order valence-corrected chi connectivity index (χ1v) is 13.3. The molecule has 0 unspecified atom stereocenters. The van der Waals surface area contributed by atoms with Gasteiger partial charge in [-0.15, -0.1) is 0 Å². The number of carbonyl (C=O) groups is 2. The number of carbonyl (C=O) groups excluding carboxylic acids is 2. The minimum atomic E-state index is -4.54. The van der Waals surface area contributed by atoms with E-state index < -0.39 is 29.6 Å². The number of pyridine rings is 1. The second-order valence-corrected chi connectivity index (χ2v) is 9.78. The van der Waals surface area contributed by atoms with Crippen LogP contribution in [0.4, 0.5) is 23.4 Å². The molecule has 2 amide bonds. The molecule has 2 heterocycles. The Hall–Kier alpha value is -5.52. The van der Waals surface area contributed by atoms with Gasteiger partial charge in [0.15, 0.2) is 0 Å². The number of alkyl halides is 3. The summed E-state index contributed by atoms with van der Waals surface area (Å²) in [5.74, 6) is 0.156. The van der Waals surface area contributed by atoms with Crippen molar-refractivity contribution in [2.75, 3.05) is 5.32 Å². The fourth-order valence-corrected chi connectivity index (χ4v) is 4.27. The van der Waals surface area contributed by atoms with Crippen molar-refractivity contribution in [3.05, 3.63) is 126 Å². The predicted molar refractivity (Wildman–Crippen MR) is 155 cm³/mol. The molecule has 0 aliphatic heterocycles. The van der Waals surface area contributed by atoms with Gasteiger partial charge in [0.1, 0.15) is 35.0 Å². The van der Waals surface area contributed by atoms with Crippen LogP contribution in [0.1, 0.15) is 27.4 Å². The third kappa shape index (κ3) is 7.65. The number of hydrogen-bond acceptors (Lipinski definition) is 5. The Morgan fingerprint density at radius 2 is 1.57 bits per heavy atom. The molecule has 3 N–H and O–H groups in total. The summed E-state index contributed by atoms with van der Waals surface area (Å²) >= 11 is 0. The molecule has 0 fully saturated rings. The first-order valence-electron chi connectivity index (χ1n) is 13.3. The van der Waals surface area contributed by atoms with E-state index in [1.165, 1.54) is 30.5 Å². The highest BCUT2D eigenvalue weighted by molar-refractivity contribution is 6.01. The van der Waals surface area contributed by atoms with Gasteiger partial charge in [0.05, 0.1) is 11.3 Å². The lowest BCUT2D eigenvalue weighted by molar-refractivity contribution is -0.137. The molecule has 0 bridgehead atoms. The van der Waals surface area contributed by atoms with E-state index >= 15 is 0 Å². The van der Waals surface area contributed by atoms with E-state index in [9.17, 15) is 27.2 Å². The van der Waals surface area contributed by atoms with Gasteiger partial charge in [-0.2, -0.15) is 13.2 Å². The van der Waals surface area contributed by atoms with Crippen molar-refractivity contribution in [2.24, 2.45) is 0 Å². The van der Waals surface area contributed by atoms with Crippen LogP contribution in [-0.4, -0.2) is 32.8 Å². The Labute approximate surface area is 249 Å². The number of aryl methyl sites for hydroxylation is 1. The highest BCUT2D eigenvalue weighted by Gasteiger charge is 2.30. The number of imidazole rings is 1. The molecule has 224 valence electrons. The molecule has 5 rings (SSSR count). The van der Waals surface area contributed by atoms with Gasteiger partial charge < -0.3 is 20.4 Å². The highest BCUT2D eigenvalue weighted by atomic mass is 19.4. The lowest BCUT2D eigenvalue weighted by atomic mass is 10.1. The van der Waals surface area contributed by atoms with E-state index in [4.69, 9.17) is 4.74 Å². The average Bonchev–Trinajstić information content (AvgIpc) is 3.42. The van der Waals surface area contributed by atoms with Gasteiger partial charge in [0.2, 0.25) is 5.91 Å². The first-order chi connectivity index (χ1) is 21.0. The van der Waals surface area contributed by atoms with Crippen LogP contribution in [0.3, 0.4) is 0 Å². The van der Waals surface area contributed by atoms with Crippen molar-refractivity contribution in [1.29, 1.82) is 0 Å². The minimum Gasteiger partial charge on any atom is -0.457 e. The van der Waals surface area contributed by atoms with E-state index in [0.29, 0.717) is 28.7 Å². The summed E-state index contributed by atoms with van der Waals surface area (Å²) in [7, 11) is 0. The number of nitrogens with one attached hydrogen (secondary N) is 3. The van der Waals surface area contributed by atoms with Crippen LogP contribution in [0.5, 0.6) is 11.5 Å². The molecule has 5 aromatic rings. The lowest BCUT2D eigenvalue weighted by Crippen LogP contribution is -2.45. The fraction of sp³-hybridized carbons (Fsp3) is 0.125. The molecular formula is C32H25F4N5O3. The van der Waals surface area contributed by atoms with Crippen molar-refractivity contribution in [3.8, 4) is 22.8 Å². The van der Waals surface area contributed by atoms with Crippen LogP contribution in [-0.2, 0) is 17.4 Å². The summed E-state index contributed by atoms with van der Waals surface area (Å²) < 4.78 is 57.7. The number of amides is 2. The van der Waals surface area contributed by atoms with E-state index in [-0.39, 0.29) is 23.6 Å². The van der Waals surface area contributed by atoms with Crippen molar-refractivity contribution < 1.29 is 31.9 Å². The van der Waals surface area contributed by atoms with Gasteiger partial charge in [-0.3, -0.25) is 9.59 Å². The molecule has 3 aromatic carbocycles. The molecule has 8 nitrogen and oxygen atoms in total. The largest absolute Gasteiger partial charge is 0.457 e. The zero-order valence-corrected chi connectivity index (χ0v) is 23.2. The Bertz CT molecular complexity index is 1750. The second-order valence-electron chi connectivity index (χ2n) is 9.78. The molecule has 0 saturated heterocycles. The topological polar surface area (TPSA) is 109 Å². The average molecular weight is 604 g/mol. The maximum absolute atomic E-state index is 13.4. The van der Waals surface area contributed by atoms with Crippen molar-refractivity contribution >= 4 is 17.6 Å². The van der Waals surface area contributed by atoms with Crippen LogP contribution >= 0.6 is 0 Å². The van der Waals surface area contributed by atoms with Crippen molar-refractivity contribution in [3.63, 3.8) is 0 Å². The van der Waals surface area contributed by atoms with Crippen LogP contribution in [0, 0.1) is 12.7 Å². The number of anilines is 1. The highest BCUT2D eigenvalue weighted by Crippen LogP contribution is 2.29. The molecule has 12 heteroatoms. The summed E-state index contributed by atoms with van der Waals surface area (Å²) in [6.07, 6.45) is -2.98. The Kier molecular flexibility index (Phi) is 8.70. The van der Waals surface area contributed by atoms with E-state index in [1.807, 2.05) is 0 Å². The van der Waals surface area contributed by atoms with Gasteiger partial charge in [0, 0.05) is 29.4 Å². The number of nitrogens with zero attached hydrogens (tertiary/aromatic N) is 2. The third-order valence-corrected chi connectivity index (χ3v) is 6.48. The summed E-state index contributed by atoms with van der Waals surface area (Å²) in [6.45, 7) is 1.73. The lowest BCUT2D eigenvalue weighted by Gasteiger charge is -2.18. The molecule has 1 atom stereocenters. The molecule has 2 aromatic heterocycles. The smallest absolute Gasteiger partial charge is 0.416 e. The maximum atomic E-state index is 13.4. The Morgan fingerprint density at radius 1 is 0.909 bits per heavy atom. The zero-order valence-electron chi connectivity index (χ0n) is 23.2. The number of ether oxygens (including phenoxy) is 1. The molecule has 0 radical (unpaired) electrons. The molecule has 0 saturated carbocycles. The molecule has 0 aliphatic carbocycles. The van der Waals surface area contributed by atoms with E-state index in [0.717, 1.165) is 29.8 Å². The number of aromatic amines is 1. The summed E-state index contributed by atoms with van der Waals surface area (Å²) in [5.41, 5.74) is 0.916. The zero-order chi connectivity index (χ0) is 31.3. The summed E-state index contributed by atoms with van der Waals surface area (Å²) in [4.78, 5) is 37.9. The number of rotatable bonds is 9. The number of aromatic nitrogens is 3. The van der Waals surface area contributed by atoms with Gasteiger partial charge in [-0.25, -0.2) is 14.4 Å². The van der Waals surface area contributed by atoms with Crippen molar-refractivity contribution in [2.45, 2.75) is 25.6 Å². The molecular weight excluding hydrogens is 578 g/mol. The fourth-order valence-electron chi connectivity index (χ4n) is 4.27. The van der Waals surface area contributed by atoms with Crippen LogP contribution in [0.15, 0.2) is 97.2 Å². The number of H-pyrrole nitrogens is 1. The molecule has 0 aliphatic rings. The summed E-state index contributed by atoms with van der Waals surface area (Å²) in [5, 5.41) is 5.31. The Morgan fingerprint density at radius 3 is 2.18 bits per heavy atom. The molecule has 0 spiro atoms. The molecule has 44 heavy (non-hydrogen) atoms. The van der Waals surface area contributed by atoms with Crippen molar-refractivity contribution in [1.82, 2.24) is 20.3 Å². The Balaban J connectivity index is 1.30. The van der Waals surface area contributed by atoms with Gasteiger partial charge in [0.25, 0.3) is 5.91 Å². The number of benzene rings is 3. The van der Waals surface area contributed by atoms with Crippen LogP contribution in [0.2, 0.25) is 0 Å². The second kappa shape index (κ2) is 12.8. The quantitative estimate of drug-likeness (QED) is 0.162. The minimum absolute atomic E-state index is 0.0360. The normalized spacial score (nSPS) is 11.9. The number of halogens is 4. The summed E-state index contributed by atoms with van der Waals surface area (Å²) in [6, 6.07) is 20.3. The van der Waals surface area contributed by atoms with Crippen LogP contribution < -0.4 is 15.4 Å². The van der Waals surface area contributed by atoms with Crippen LogP contribution in [0.25, 0.3) is 11.3 Å². The predicted octanol–water partition coefficient (Wildman–Crippen LogP) is 6.71. The number of hydrogen-bond donors (Lipinski definition) is 3.